The lowest BCUT2D eigenvalue weighted by Crippen LogP contribution is -2.39. The van der Waals surface area contributed by atoms with Crippen LogP contribution in [0.3, 0.4) is 0 Å². The van der Waals surface area contributed by atoms with Gasteiger partial charge in [-0.3, -0.25) is 0 Å². The summed E-state index contributed by atoms with van der Waals surface area (Å²) in [7, 11) is -1.96. The van der Waals surface area contributed by atoms with Gasteiger partial charge >= 0.3 is 0 Å². The van der Waals surface area contributed by atoms with E-state index in [0.29, 0.717) is 12.1 Å². The van der Waals surface area contributed by atoms with Gasteiger partial charge in [-0.25, -0.2) is 8.42 Å². The van der Waals surface area contributed by atoms with E-state index in [2.05, 4.69) is 0 Å². The molecule has 0 spiro atoms. The first kappa shape index (κ1) is 18.1. The highest BCUT2D eigenvalue weighted by Gasteiger charge is 2.25. The molecule has 1 N–H and O–H groups in total. The second-order valence-corrected chi connectivity index (χ2v) is 7.53. The molecule has 1 atom stereocenters. The third kappa shape index (κ3) is 6.13. The van der Waals surface area contributed by atoms with Gasteiger partial charge in [0.1, 0.15) is 0 Å². The minimum Gasteiger partial charge on any atom is -0.387 e. The highest BCUT2D eigenvalue weighted by atomic mass is 32.2. The number of sulfonamides is 1. The smallest absolute Gasteiger partial charge is 0.216 e. The van der Waals surface area contributed by atoms with E-state index in [-0.39, 0.29) is 24.8 Å². The number of hydrogen-bond donors (Lipinski definition) is 1. The van der Waals surface area contributed by atoms with Gasteiger partial charge in [0.25, 0.3) is 0 Å². The molecule has 6 heteroatoms. The van der Waals surface area contributed by atoms with E-state index in [4.69, 9.17) is 4.74 Å². The van der Waals surface area contributed by atoms with Gasteiger partial charge in [-0.2, -0.15) is 4.31 Å². The lowest BCUT2D eigenvalue weighted by atomic mass is 10.1. The molecule has 0 fully saturated rings. The monoisotopic (exact) mass is 315 g/mol. The lowest BCUT2D eigenvalue weighted by molar-refractivity contribution is 0.142. The van der Waals surface area contributed by atoms with Gasteiger partial charge in [0.05, 0.1) is 18.5 Å². The molecule has 0 amide bonds. The quantitative estimate of drug-likeness (QED) is 0.752. The summed E-state index contributed by atoms with van der Waals surface area (Å²) in [6, 6.07) is 9.09. The van der Waals surface area contributed by atoms with Gasteiger partial charge in [-0.1, -0.05) is 44.2 Å². The molecular weight excluding hydrogens is 290 g/mol. The summed E-state index contributed by atoms with van der Waals surface area (Å²) < 4.78 is 30.9. The molecule has 0 saturated heterocycles. The lowest BCUT2D eigenvalue weighted by Gasteiger charge is -2.26. The Labute approximate surface area is 127 Å². The molecule has 0 aromatic heterocycles. The number of methoxy groups -OCH3 is 1. The Balaban J connectivity index is 2.83. The molecule has 0 radical (unpaired) electrons. The zero-order chi connectivity index (χ0) is 15.9. The van der Waals surface area contributed by atoms with Gasteiger partial charge in [-0.15, -0.1) is 0 Å². The van der Waals surface area contributed by atoms with E-state index in [1.807, 2.05) is 32.0 Å². The molecule has 0 heterocycles. The van der Waals surface area contributed by atoms with Crippen LogP contribution in [0.15, 0.2) is 30.3 Å². The fourth-order valence-electron chi connectivity index (χ4n) is 2.00. The Morgan fingerprint density at radius 1 is 1.19 bits per heavy atom. The molecule has 0 aliphatic rings. The predicted octanol–water partition coefficient (Wildman–Crippen LogP) is 1.65. The van der Waals surface area contributed by atoms with E-state index in [9.17, 15) is 13.5 Å². The van der Waals surface area contributed by atoms with Gasteiger partial charge < -0.3 is 9.84 Å². The standard InChI is InChI=1S/C15H25NO4S/c1-13(2)11-16(21(18,19)10-9-20-3)12-15(17)14-7-5-4-6-8-14/h4-8,13,15,17H,9-12H2,1-3H3. The number of hydrogen-bond acceptors (Lipinski definition) is 4. The van der Waals surface area contributed by atoms with Crippen LogP contribution in [0.4, 0.5) is 0 Å². The van der Waals surface area contributed by atoms with Gasteiger partial charge in [0.2, 0.25) is 10.0 Å². The average Bonchev–Trinajstić information content (AvgIpc) is 2.45. The fraction of sp³-hybridized carbons (Fsp3) is 0.600. The maximum absolute atomic E-state index is 12.3. The third-order valence-corrected chi connectivity index (χ3v) is 4.84. The van der Waals surface area contributed by atoms with Crippen LogP contribution in [0, 0.1) is 5.92 Å². The zero-order valence-electron chi connectivity index (χ0n) is 12.9. The Kier molecular flexibility index (Phi) is 7.31. The first-order valence-electron chi connectivity index (χ1n) is 7.06. The van der Waals surface area contributed by atoms with Crippen molar-refractivity contribution in [1.82, 2.24) is 4.31 Å². The minimum atomic E-state index is -3.43. The second kappa shape index (κ2) is 8.48. The van der Waals surface area contributed by atoms with Gasteiger partial charge in [0, 0.05) is 20.2 Å². The SMILES string of the molecule is COCCS(=O)(=O)N(CC(C)C)CC(O)c1ccccc1. The maximum Gasteiger partial charge on any atom is 0.216 e. The number of benzene rings is 1. The van der Waals surface area contributed by atoms with Crippen LogP contribution in [0.25, 0.3) is 0 Å². The normalized spacial score (nSPS) is 13.8. The summed E-state index contributed by atoms with van der Waals surface area (Å²) in [5, 5.41) is 10.3. The summed E-state index contributed by atoms with van der Waals surface area (Å²) in [5.74, 6) is 0.114. The first-order chi connectivity index (χ1) is 9.86. The molecule has 1 rings (SSSR count). The van der Waals surface area contributed by atoms with Crippen molar-refractivity contribution >= 4 is 10.0 Å². The van der Waals surface area contributed by atoms with Crippen molar-refractivity contribution in [3.63, 3.8) is 0 Å². The van der Waals surface area contributed by atoms with Crippen molar-refractivity contribution < 1.29 is 18.3 Å². The van der Waals surface area contributed by atoms with Crippen molar-refractivity contribution in [2.75, 3.05) is 32.6 Å². The molecule has 1 aromatic rings. The van der Waals surface area contributed by atoms with Crippen molar-refractivity contribution in [2.24, 2.45) is 5.92 Å². The molecular formula is C15H25NO4S. The molecule has 0 aliphatic carbocycles. The summed E-state index contributed by atoms with van der Waals surface area (Å²) in [6.45, 7) is 4.50. The fourth-order valence-corrected chi connectivity index (χ4v) is 3.53. The molecule has 5 nitrogen and oxygen atoms in total. The van der Waals surface area contributed by atoms with Crippen LogP contribution in [-0.2, 0) is 14.8 Å². The number of ether oxygens (including phenoxy) is 1. The van der Waals surface area contributed by atoms with Crippen LogP contribution in [0.2, 0.25) is 0 Å². The topological polar surface area (TPSA) is 66.8 Å². The number of aliphatic hydroxyl groups is 1. The molecule has 120 valence electrons. The van der Waals surface area contributed by atoms with Gasteiger partial charge in [0.15, 0.2) is 0 Å². The summed E-state index contributed by atoms with van der Waals surface area (Å²) in [6.07, 6.45) is -0.831. The Morgan fingerprint density at radius 2 is 1.81 bits per heavy atom. The average molecular weight is 315 g/mol. The van der Waals surface area contributed by atoms with Crippen LogP contribution in [-0.4, -0.2) is 50.4 Å². The Bertz CT molecular complexity index is 502. The van der Waals surface area contributed by atoms with E-state index in [1.165, 1.54) is 11.4 Å². The predicted molar refractivity (Wildman–Crippen MR) is 83.5 cm³/mol. The largest absolute Gasteiger partial charge is 0.387 e. The molecule has 0 bridgehead atoms. The molecule has 1 aromatic carbocycles. The second-order valence-electron chi connectivity index (χ2n) is 5.45. The number of rotatable bonds is 9. The summed E-state index contributed by atoms with van der Waals surface area (Å²) in [4.78, 5) is 0. The summed E-state index contributed by atoms with van der Waals surface area (Å²) in [5.41, 5.74) is 0.716. The highest BCUT2D eigenvalue weighted by Crippen LogP contribution is 2.17. The molecule has 0 saturated carbocycles. The van der Waals surface area contributed by atoms with E-state index in [0.717, 1.165) is 0 Å². The van der Waals surface area contributed by atoms with Gasteiger partial charge in [-0.05, 0) is 11.5 Å². The molecule has 21 heavy (non-hydrogen) atoms. The number of aliphatic hydroxyl groups excluding tert-OH is 1. The van der Waals surface area contributed by atoms with Crippen LogP contribution in [0.1, 0.15) is 25.5 Å². The van der Waals surface area contributed by atoms with E-state index >= 15 is 0 Å². The maximum atomic E-state index is 12.3. The Hall–Kier alpha value is -0.950. The van der Waals surface area contributed by atoms with E-state index in [1.54, 1.807) is 12.1 Å². The highest BCUT2D eigenvalue weighted by molar-refractivity contribution is 7.89. The van der Waals surface area contributed by atoms with Crippen molar-refractivity contribution in [2.45, 2.75) is 20.0 Å². The van der Waals surface area contributed by atoms with Crippen LogP contribution < -0.4 is 0 Å². The van der Waals surface area contributed by atoms with Crippen molar-refractivity contribution in [3.05, 3.63) is 35.9 Å². The number of nitrogens with zero attached hydrogens (tertiary/aromatic N) is 1. The van der Waals surface area contributed by atoms with Crippen molar-refractivity contribution in [1.29, 1.82) is 0 Å². The molecule has 0 aliphatic heterocycles. The van der Waals surface area contributed by atoms with Crippen molar-refractivity contribution in [3.8, 4) is 0 Å². The van der Waals surface area contributed by atoms with E-state index < -0.39 is 16.1 Å². The molecule has 1 unspecified atom stereocenters. The zero-order valence-corrected chi connectivity index (χ0v) is 13.7. The van der Waals surface area contributed by atoms with Crippen LogP contribution >= 0.6 is 0 Å². The third-order valence-electron chi connectivity index (χ3n) is 3.07. The summed E-state index contributed by atoms with van der Waals surface area (Å²) >= 11 is 0. The van der Waals surface area contributed by atoms with Crippen LogP contribution in [0.5, 0.6) is 0 Å². The Morgan fingerprint density at radius 3 is 2.33 bits per heavy atom. The minimum absolute atomic E-state index is 0.0637. The first-order valence-corrected chi connectivity index (χ1v) is 8.67.